The molecule has 0 aliphatic rings. The Morgan fingerprint density at radius 2 is 1.73 bits per heavy atom. The van der Waals surface area contributed by atoms with Gasteiger partial charge in [0.2, 0.25) is 0 Å². The van der Waals surface area contributed by atoms with Crippen LogP contribution in [0.5, 0.6) is 5.75 Å². The van der Waals surface area contributed by atoms with Crippen molar-refractivity contribution in [3.8, 4) is 16.9 Å². The second kappa shape index (κ2) is 8.29. The minimum absolute atomic E-state index is 0.553. The van der Waals surface area contributed by atoms with Gasteiger partial charge in [-0.05, 0) is 65.9 Å². The number of aryl methyl sites for hydroxylation is 2. The Hall–Kier alpha value is -2.45. The molecule has 0 aliphatic heterocycles. The fourth-order valence-corrected chi connectivity index (χ4v) is 3.37. The van der Waals surface area contributed by atoms with E-state index in [-0.39, 0.29) is 0 Å². The molecule has 3 aromatic rings. The summed E-state index contributed by atoms with van der Waals surface area (Å²) in [6.07, 6.45) is 0.987. The SMILES string of the molecule is CCc1cccc(NC)c1COc1ccc(-c2cccc(Cl)c2)cc1C. The maximum absolute atomic E-state index is 6.16. The first-order valence-electron chi connectivity index (χ1n) is 8.90. The first kappa shape index (κ1) is 18.3. The van der Waals surface area contributed by atoms with Gasteiger partial charge in [-0.3, -0.25) is 0 Å². The number of rotatable bonds is 6. The second-order valence-electron chi connectivity index (χ2n) is 6.33. The molecular formula is C23H24ClNO. The van der Waals surface area contributed by atoms with E-state index in [1.165, 1.54) is 11.1 Å². The van der Waals surface area contributed by atoms with Gasteiger partial charge in [-0.15, -0.1) is 0 Å². The number of nitrogens with one attached hydrogen (secondary N) is 1. The van der Waals surface area contributed by atoms with E-state index in [0.717, 1.165) is 39.6 Å². The Labute approximate surface area is 160 Å². The van der Waals surface area contributed by atoms with Crippen molar-refractivity contribution in [2.75, 3.05) is 12.4 Å². The van der Waals surface area contributed by atoms with Crippen LogP contribution in [-0.4, -0.2) is 7.05 Å². The smallest absolute Gasteiger partial charge is 0.122 e. The highest BCUT2D eigenvalue weighted by Crippen LogP contribution is 2.29. The highest BCUT2D eigenvalue weighted by molar-refractivity contribution is 6.30. The number of hydrogen-bond acceptors (Lipinski definition) is 2. The normalized spacial score (nSPS) is 10.6. The van der Waals surface area contributed by atoms with Crippen LogP contribution < -0.4 is 10.1 Å². The standard InChI is InChI=1S/C23H24ClNO/c1-4-17-7-6-10-22(25-3)21(17)15-26-23-12-11-19(13-16(23)2)18-8-5-9-20(24)14-18/h5-14,25H,4,15H2,1-3H3. The highest BCUT2D eigenvalue weighted by Gasteiger charge is 2.09. The third-order valence-electron chi connectivity index (χ3n) is 4.63. The molecule has 1 N–H and O–H groups in total. The Balaban J connectivity index is 1.82. The van der Waals surface area contributed by atoms with Crippen molar-refractivity contribution in [2.24, 2.45) is 0 Å². The van der Waals surface area contributed by atoms with Gasteiger partial charge in [0.25, 0.3) is 0 Å². The van der Waals surface area contributed by atoms with E-state index in [4.69, 9.17) is 16.3 Å². The molecule has 26 heavy (non-hydrogen) atoms. The minimum atomic E-state index is 0.553. The molecule has 0 radical (unpaired) electrons. The Morgan fingerprint density at radius 3 is 2.42 bits per heavy atom. The van der Waals surface area contributed by atoms with Crippen LogP contribution in [0.2, 0.25) is 5.02 Å². The Morgan fingerprint density at radius 1 is 0.962 bits per heavy atom. The molecule has 3 heteroatoms. The topological polar surface area (TPSA) is 21.3 Å². The van der Waals surface area contributed by atoms with Crippen molar-refractivity contribution < 1.29 is 4.74 Å². The van der Waals surface area contributed by atoms with Gasteiger partial charge in [0, 0.05) is 23.3 Å². The molecular weight excluding hydrogens is 342 g/mol. The summed E-state index contributed by atoms with van der Waals surface area (Å²) < 4.78 is 6.16. The number of anilines is 1. The van der Waals surface area contributed by atoms with Gasteiger partial charge in [0.15, 0.2) is 0 Å². The molecule has 0 saturated heterocycles. The van der Waals surface area contributed by atoms with E-state index in [1.54, 1.807) is 0 Å². The van der Waals surface area contributed by atoms with Crippen molar-refractivity contribution in [3.05, 3.63) is 82.4 Å². The van der Waals surface area contributed by atoms with Crippen LogP contribution in [0.15, 0.2) is 60.7 Å². The molecule has 0 saturated carbocycles. The summed E-state index contributed by atoms with van der Waals surface area (Å²) in [4.78, 5) is 0. The maximum atomic E-state index is 6.16. The first-order valence-corrected chi connectivity index (χ1v) is 9.28. The lowest BCUT2D eigenvalue weighted by atomic mass is 10.0. The van der Waals surface area contributed by atoms with Gasteiger partial charge in [-0.2, -0.15) is 0 Å². The van der Waals surface area contributed by atoms with Crippen molar-refractivity contribution >= 4 is 17.3 Å². The minimum Gasteiger partial charge on any atom is -0.489 e. The maximum Gasteiger partial charge on any atom is 0.122 e. The molecule has 0 aromatic heterocycles. The predicted molar refractivity (Wildman–Crippen MR) is 111 cm³/mol. The molecule has 2 nitrogen and oxygen atoms in total. The van der Waals surface area contributed by atoms with E-state index in [9.17, 15) is 0 Å². The van der Waals surface area contributed by atoms with Crippen molar-refractivity contribution in [1.29, 1.82) is 0 Å². The molecule has 134 valence electrons. The predicted octanol–water partition coefficient (Wildman–Crippen LogP) is 6.50. The molecule has 0 atom stereocenters. The van der Waals surface area contributed by atoms with Crippen LogP contribution in [0.25, 0.3) is 11.1 Å². The van der Waals surface area contributed by atoms with Crippen LogP contribution in [0, 0.1) is 6.92 Å². The quantitative estimate of drug-likeness (QED) is 0.538. The molecule has 0 aliphatic carbocycles. The first-order chi connectivity index (χ1) is 12.6. The summed E-state index contributed by atoms with van der Waals surface area (Å²) in [5.41, 5.74) is 7.02. The number of ether oxygens (including phenoxy) is 1. The van der Waals surface area contributed by atoms with Crippen LogP contribution in [0.3, 0.4) is 0 Å². The molecule has 3 rings (SSSR count). The number of halogens is 1. The largest absolute Gasteiger partial charge is 0.489 e. The molecule has 0 fully saturated rings. The number of benzene rings is 3. The summed E-state index contributed by atoms with van der Waals surface area (Å²) in [6, 6.07) is 20.5. The molecule has 3 aromatic carbocycles. The Kier molecular flexibility index (Phi) is 5.85. The van der Waals surface area contributed by atoms with E-state index < -0.39 is 0 Å². The summed E-state index contributed by atoms with van der Waals surface area (Å²) in [5, 5.41) is 4.01. The summed E-state index contributed by atoms with van der Waals surface area (Å²) >= 11 is 6.11. The Bertz CT molecular complexity index is 882. The van der Waals surface area contributed by atoms with Gasteiger partial charge >= 0.3 is 0 Å². The van der Waals surface area contributed by atoms with E-state index in [2.05, 4.69) is 55.6 Å². The van der Waals surface area contributed by atoms with Crippen LogP contribution in [-0.2, 0) is 13.0 Å². The monoisotopic (exact) mass is 365 g/mol. The summed E-state index contributed by atoms with van der Waals surface area (Å²) in [5.74, 6) is 0.906. The fraction of sp³-hybridized carbons (Fsp3) is 0.217. The van der Waals surface area contributed by atoms with Gasteiger partial charge in [-0.1, -0.05) is 48.9 Å². The zero-order valence-electron chi connectivity index (χ0n) is 15.5. The van der Waals surface area contributed by atoms with Gasteiger partial charge in [-0.25, -0.2) is 0 Å². The highest BCUT2D eigenvalue weighted by atomic mass is 35.5. The third-order valence-corrected chi connectivity index (χ3v) is 4.86. The molecule has 0 unspecified atom stereocenters. The number of hydrogen-bond donors (Lipinski definition) is 1. The summed E-state index contributed by atoms with van der Waals surface area (Å²) in [6.45, 7) is 4.80. The van der Waals surface area contributed by atoms with E-state index >= 15 is 0 Å². The fourth-order valence-electron chi connectivity index (χ4n) is 3.18. The van der Waals surface area contributed by atoms with Crippen molar-refractivity contribution in [2.45, 2.75) is 26.9 Å². The second-order valence-corrected chi connectivity index (χ2v) is 6.76. The van der Waals surface area contributed by atoms with E-state index in [1.807, 2.05) is 31.3 Å². The zero-order valence-corrected chi connectivity index (χ0v) is 16.2. The molecule has 0 heterocycles. The van der Waals surface area contributed by atoms with Crippen LogP contribution in [0.4, 0.5) is 5.69 Å². The molecule has 0 bridgehead atoms. The summed E-state index contributed by atoms with van der Waals surface area (Å²) in [7, 11) is 1.95. The lowest BCUT2D eigenvalue weighted by Crippen LogP contribution is -2.05. The average molecular weight is 366 g/mol. The van der Waals surface area contributed by atoms with Gasteiger partial charge in [0.05, 0.1) is 0 Å². The third kappa shape index (κ3) is 4.03. The van der Waals surface area contributed by atoms with E-state index in [0.29, 0.717) is 6.61 Å². The van der Waals surface area contributed by atoms with Crippen LogP contribution in [0.1, 0.15) is 23.6 Å². The lowest BCUT2D eigenvalue weighted by molar-refractivity contribution is 0.303. The van der Waals surface area contributed by atoms with Crippen LogP contribution >= 0.6 is 11.6 Å². The van der Waals surface area contributed by atoms with Crippen molar-refractivity contribution in [3.63, 3.8) is 0 Å². The van der Waals surface area contributed by atoms with Crippen molar-refractivity contribution in [1.82, 2.24) is 0 Å². The van der Waals surface area contributed by atoms with Gasteiger partial charge < -0.3 is 10.1 Å². The molecule has 0 amide bonds. The lowest BCUT2D eigenvalue weighted by Gasteiger charge is -2.16. The van der Waals surface area contributed by atoms with Gasteiger partial charge in [0.1, 0.15) is 12.4 Å². The zero-order chi connectivity index (χ0) is 18.5. The molecule has 0 spiro atoms. The average Bonchev–Trinajstić information content (AvgIpc) is 2.66.